The molecule has 0 radical (unpaired) electrons. The standard InChI is InChI=1S/C13H15FN2O5/c1-7-4-8(2-3-21-7)15-11-6-10(14)9(13(17)18)5-12(11)16(19)20/h5-8,15H,2-4H2,1H3,(H,17,18). The molecule has 1 saturated heterocycles. The van der Waals surface area contributed by atoms with Crippen molar-refractivity contribution in [3.8, 4) is 0 Å². The molecule has 0 spiro atoms. The highest BCUT2D eigenvalue weighted by Crippen LogP contribution is 2.30. The third kappa shape index (κ3) is 3.46. The first kappa shape index (κ1) is 15.2. The number of benzene rings is 1. The van der Waals surface area contributed by atoms with Crippen LogP contribution in [0.4, 0.5) is 15.8 Å². The van der Waals surface area contributed by atoms with Crippen molar-refractivity contribution in [2.45, 2.75) is 31.9 Å². The summed E-state index contributed by atoms with van der Waals surface area (Å²) in [7, 11) is 0. The maximum absolute atomic E-state index is 13.7. The summed E-state index contributed by atoms with van der Waals surface area (Å²) >= 11 is 0. The van der Waals surface area contributed by atoms with Crippen molar-refractivity contribution in [2.24, 2.45) is 0 Å². The van der Waals surface area contributed by atoms with Crippen LogP contribution in [0.1, 0.15) is 30.1 Å². The van der Waals surface area contributed by atoms with Crippen LogP contribution < -0.4 is 5.32 Å². The fourth-order valence-corrected chi connectivity index (χ4v) is 2.34. The molecular weight excluding hydrogens is 283 g/mol. The van der Waals surface area contributed by atoms with Gasteiger partial charge in [0.05, 0.1) is 11.0 Å². The van der Waals surface area contributed by atoms with Gasteiger partial charge in [0.1, 0.15) is 17.1 Å². The van der Waals surface area contributed by atoms with E-state index in [1.54, 1.807) is 0 Å². The lowest BCUT2D eigenvalue weighted by Crippen LogP contribution is -2.32. The van der Waals surface area contributed by atoms with E-state index in [0.29, 0.717) is 19.4 Å². The van der Waals surface area contributed by atoms with E-state index in [0.717, 1.165) is 12.1 Å². The minimum Gasteiger partial charge on any atom is -0.478 e. The molecule has 1 aliphatic rings. The van der Waals surface area contributed by atoms with Gasteiger partial charge in [-0.3, -0.25) is 10.1 Å². The fourth-order valence-electron chi connectivity index (χ4n) is 2.34. The molecule has 0 saturated carbocycles. The SMILES string of the molecule is CC1CC(Nc2cc(F)c(C(=O)O)cc2[N+](=O)[O-])CCO1. The largest absolute Gasteiger partial charge is 0.478 e. The first-order chi connectivity index (χ1) is 9.88. The van der Waals surface area contributed by atoms with Gasteiger partial charge >= 0.3 is 5.97 Å². The van der Waals surface area contributed by atoms with Crippen LogP contribution in [0, 0.1) is 15.9 Å². The van der Waals surface area contributed by atoms with Gasteiger partial charge in [0, 0.05) is 24.8 Å². The number of nitrogens with zero attached hydrogens (tertiary/aromatic N) is 1. The van der Waals surface area contributed by atoms with E-state index < -0.39 is 28.0 Å². The van der Waals surface area contributed by atoms with Gasteiger partial charge in [-0.05, 0) is 19.8 Å². The number of hydrogen-bond acceptors (Lipinski definition) is 5. The fraction of sp³-hybridized carbons (Fsp3) is 0.462. The predicted molar refractivity (Wildman–Crippen MR) is 72.1 cm³/mol. The molecule has 1 aromatic rings. The van der Waals surface area contributed by atoms with Gasteiger partial charge in [0.15, 0.2) is 0 Å². The normalized spacial score (nSPS) is 21.8. The molecule has 1 fully saturated rings. The van der Waals surface area contributed by atoms with Crippen molar-refractivity contribution in [1.29, 1.82) is 0 Å². The molecule has 1 aliphatic heterocycles. The number of rotatable bonds is 4. The lowest BCUT2D eigenvalue weighted by molar-refractivity contribution is -0.384. The Bertz CT molecular complexity index is 578. The quantitative estimate of drug-likeness (QED) is 0.653. The minimum absolute atomic E-state index is 0.0124. The molecule has 1 heterocycles. The number of carboxylic acids is 1. The third-order valence-corrected chi connectivity index (χ3v) is 3.36. The summed E-state index contributed by atoms with van der Waals surface area (Å²) < 4.78 is 19.1. The zero-order valence-electron chi connectivity index (χ0n) is 11.3. The predicted octanol–water partition coefficient (Wildman–Crippen LogP) is 2.41. The van der Waals surface area contributed by atoms with Crippen molar-refractivity contribution in [1.82, 2.24) is 0 Å². The molecule has 0 aliphatic carbocycles. The van der Waals surface area contributed by atoms with Crippen LogP contribution >= 0.6 is 0 Å². The topological polar surface area (TPSA) is 102 Å². The first-order valence-electron chi connectivity index (χ1n) is 6.48. The van der Waals surface area contributed by atoms with E-state index in [-0.39, 0.29) is 17.8 Å². The number of ether oxygens (including phenoxy) is 1. The minimum atomic E-state index is -1.54. The second kappa shape index (κ2) is 6.04. The van der Waals surface area contributed by atoms with Gasteiger partial charge in [0.2, 0.25) is 0 Å². The summed E-state index contributed by atoms with van der Waals surface area (Å²) in [4.78, 5) is 21.2. The molecule has 0 amide bonds. The Labute approximate surface area is 119 Å². The van der Waals surface area contributed by atoms with Crippen LogP contribution in [-0.2, 0) is 4.74 Å². The van der Waals surface area contributed by atoms with Crippen molar-refractivity contribution in [3.63, 3.8) is 0 Å². The zero-order valence-corrected chi connectivity index (χ0v) is 11.3. The molecule has 114 valence electrons. The Balaban J connectivity index is 2.31. The molecular formula is C13H15FN2O5. The van der Waals surface area contributed by atoms with Crippen LogP contribution in [0.3, 0.4) is 0 Å². The van der Waals surface area contributed by atoms with Gasteiger partial charge in [-0.1, -0.05) is 0 Å². The van der Waals surface area contributed by atoms with Crippen LogP contribution in [0.15, 0.2) is 12.1 Å². The summed E-state index contributed by atoms with van der Waals surface area (Å²) in [5.74, 6) is -2.54. The van der Waals surface area contributed by atoms with Crippen LogP contribution in [0.5, 0.6) is 0 Å². The summed E-state index contributed by atoms with van der Waals surface area (Å²) in [5, 5.41) is 22.8. The maximum Gasteiger partial charge on any atom is 0.338 e. The number of nitro benzene ring substituents is 1. The molecule has 21 heavy (non-hydrogen) atoms. The highest BCUT2D eigenvalue weighted by molar-refractivity contribution is 5.90. The first-order valence-corrected chi connectivity index (χ1v) is 6.48. The van der Waals surface area contributed by atoms with Gasteiger partial charge in [-0.15, -0.1) is 0 Å². The number of nitro groups is 1. The van der Waals surface area contributed by atoms with Gasteiger partial charge in [-0.2, -0.15) is 0 Å². The van der Waals surface area contributed by atoms with Crippen LogP contribution in [0.25, 0.3) is 0 Å². The number of nitrogens with one attached hydrogen (secondary N) is 1. The highest BCUT2D eigenvalue weighted by atomic mass is 19.1. The number of hydrogen-bond donors (Lipinski definition) is 2. The van der Waals surface area contributed by atoms with Crippen molar-refractivity contribution >= 4 is 17.3 Å². The van der Waals surface area contributed by atoms with E-state index in [9.17, 15) is 19.3 Å². The smallest absolute Gasteiger partial charge is 0.338 e. The van der Waals surface area contributed by atoms with Crippen molar-refractivity contribution in [3.05, 3.63) is 33.6 Å². The Hall–Kier alpha value is -2.22. The number of halogens is 1. The van der Waals surface area contributed by atoms with Crippen molar-refractivity contribution in [2.75, 3.05) is 11.9 Å². The summed E-state index contributed by atoms with van der Waals surface area (Å²) in [5.41, 5.74) is -1.18. The number of anilines is 1. The van der Waals surface area contributed by atoms with Gasteiger partial charge in [-0.25, -0.2) is 9.18 Å². The van der Waals surface area contributed by atoms with E-state index in [2.05, 4.69) is 5.32 Å². The van der Waals surface area contributed by atoms with E-state index in [1.807, 2.05) is 6.92 Å². The third-order valence-electron chi connectivity index (χ3n) is 3.36. The average Bonchev–Trinajstić information content (AvgIpc) is 2.37. The summed E-state index contributed by atoms with van der Waals surface area (Å²) in [6.07, 6.45) is 1.29. The number of carbonyl (C=O) groups is 1. The Morgan fingerprint density at radius 1 is 1.57 bits per heavy atom. The lowest BCUT2D eigenvalue weighted by Gasteiger charge is -2.28. The lowest BCUT2D eigenvalue weighted by atomic mass is 10.0. The number of aromatic carboxylic acids is 1. The van der Waals surface area contributed by atoms with Gasteiger partial charge < -0.3 is 15.2 Å². The molecule has 1 aromatic carbocycles. The van der Waals surface area contributed by atoms with Crippen molar-refractivity contribution < 1.29 is 24.0 Å². The Morgan fingerprint density at radius 3 is 2.86 bits per heavy atom. The monoisotopic (exact) mass is 298 g/mol. The zero-order chi connectivity index (χ0) is 15.6. The number of carboxylic acid groups (broad SMARTS) is 1. The van der Waals surface area contributed by atoms with E-state index >= 15 is 0 Å². The van der Waals surface area contributed by atoms with E-state index in [1.165, 1.54) is 0 Å². The average molecular weight is 298 g/mol. The highest BCUT2D eigenvalue weighted by Gasteiger charge is 2.25. The molecule has 7 nitrogen and oxygen atoms in total. The molecule has 0 bridgehead atoms. The van der Waals surface area contributed by atoms with Crippen LogP contribution in [-0.4, -0.2) is 34.8 Å². The summed E-state index contributed by atoms with van der Waals surface area (Å²) in [6, 6.07) is 1.52. The molecule has 8 heteroatoms. The molecule has 0 aromatic heterocycles. The molecule has 2 atom stereocenters. The summed E-state index contributed by atoms with van der Waals surface area (Å²) in [6.45, 7) is 2.40. The second-order valence-electron chi connectivity index (χ2n) is 4.96. The molecule has 2 unspecified atom stereocenters. The van der Waals surface area contributed by atoms with Crippen LogP contribution in [0.2, 0.25) is 0 Å². The Kier molecular flexibility index (Phi) is 4.37. The van der Waals surface area contributed by atoms with Gasteiger partial charge in [0.25, 0.3) is 5.69 Å². The molecule has 2 rings (SSSR count). The van der Waals surface area contributed by atoms with E-state index in [4.69, 9.17) is 9.84 Å². The molecule has 2 N–H and O–H groups in total. The Morgan fingerprint density at radius 2 is 2.29 bits per heavy atom. The maximum atomic E-state index is 13.7. The second-order valence-corrected chi connectivity index (χ2v) is 4.96.